The summed E-state index contributed by atoms with van der Waals surface area (Å²) >= 11 is 0. The SMILES string of the molecule is Cc1cc(C=O)nc(C2CCS(=O)(=O)C2)n1. The molecule has 0 radical (unpaired) electrons. The van der Waals surface area contributed by atoms with E-state index in [0.29, 0.717) is 29.9 Å². The molecule has 1 aromatic heterocycles. The van der Waals surface area contributed by atoms with E-state index in [1.807, 2.05) is 0 Å². The minimum absolute atomic E-state index is 0.0920. The number of carbonyl (C=O) groups is 1. The summed E-state index contributed by atoms with van der Waals surface area (Å²) in [7, 11) is -2.94. The molecule has 1 fully saturated rings. The summed E-state index contributed by atoms with van der Waals surface area (Å²) < 4.78 is 22.7. The third kappa shape index (κ3) is 2.27. The van der Waals surface area contributed by atoms with Gasteiger partial charge in [-0.05, 0) is 19.4 Å². The number of aldehydes is 1. The second-order valence-corrected chi connectivity index (χ2v) is 6.24. The van der Waals surface area contributed by atoms with E-state index in [0.717, 1.165) is 0 Å². The average Bonchev–Trinajstić information content (AvgIpc) is 2.58. The summed E-state index contributed by atoms with van der Waals surface area (Å²) in [5, 5.41) is 0. The van der Waals surface area contributed by atoms with Crippen LogP contribution >= 0.6 is 0 Å². The molecule has 1 atom stereocenters. The molecule has 0 aromatic carbocycles. The highest BCUT2D eigenvalue weighted by Crippen LogP contribution is 2.26. The van der Waals surface area contributed by atoms with Crippen LogP contribution in [-0.4, -0.2) is 36.2 Å². The molecule has 0 N–H and O–H groups in total. The largest absolute Gasteiger partial charge is 0.296 e. The Bertz CT molecular complexity index is 525. The molecule has 16 heavy (non-hydrogen) atoms. The Balaban J connectivity index is 2.34. The molecule has 2 rings (SSSR count). The summed E-state index contributed by atoms with van der Waals surface area (Å²) in [4.78, 5) is 18.9. The topological polar surface area (TPSA) is 77.0 Å². The molecule has 6 heteroatoms. The monoisotopic (exact) mass is 240 g/mol. The van der Waals surface area contributed by atoms with E-state index < -0.39 is 9.84 Å². The molecule has 0 amide bonds. The van der Waals surface area contributed by atoms with Gasteiger partial charge in [0.2, 0.25) is 0 Å². The van der Waals surface area contributed by atoms with Gasteiger partial charge in [0.1, 0.15) is 11.5 Å². The average molecular weight is 240 g/mol. The lowest BCUT2D eigenvalue weighted by molar-refractivity contribution is 0.111. The maximum absolute atomic E-state index is 11.3. The van der Waals surface area contributed by atoms with Crippen LogP contribution in [0.1, 0.15) is 34.3 Å². The van der Waals surface area contributed by atoms with Gasteiger partial charge in [-0.1, -0.05) is 0 Å². The van der Waals surface area contributed by atoms with Crippen molar-refractivity contribution in [2.75, 3.05) is 11.5 Å². The van der Waals surface area contributed by atoms with Crippen molar-refractivity contribution in [3.63, 3.8) is 0 Å². The van der Waals surface area contributed by atoms with E-state index in [-0.39, 0.29) is 17.4 Å². The first-order valence-corrected chi connectivity index (χ1v) is 6.83. The number of hydrogen-bond donors (Lipinski definition) is 0. The highest BCUT2D eigenvalue weighted by atomic mass is 32.2. The number of carbonyl (C=O) groups excluding carboxylic acids is 1. The van der Waals surface area contributed by atoms with E-state index in [1.165, 1.54) is 0 Å². The first-order valence-electron chi connectivity index (χ1n) is 5.01. The molecule has 86 valence electrons. The number of aromatic nitrogens is 2. The Hall–Kier alpha value is -1.30. The lowest BCUT2D eigenvalue weighted by Crippen LogP contribution is -2.09. The summed E-state index contributed by atoms with van der Waals surface area (Å²) in [6.45, 7) is 1.77. The zero-order chi connectivity index (χ0) is 11.8. The van der Waals surface area contributed by atoms with Crippen molar-refractivity contribution >= 4 is 16.1 Å². The molecule has 1 aliphatic heterocycles. The zero-order valence-electron chi connectivity index (χ0n) is 8.88. The molecule has 1 unspecified atom stereocenters. The fourth-order valence-corrected chi connectivity index (χ4v) is 3.60. The van der Waals surface area contributed by atoms with Gasteiger partial charge in [0.25, 0.3) is 0 Å². The normalized spacial score (nSPS) is 23.2. The molecular weight excluding hydrogens is 228 g/mol. The third-order valence-electron chi connectivity index (χ3n) is 2.61. The Kier molecular flexibility index (Phi) is 2.75. The number of rotatable bonds is 2. The molecule has 0 saturated carbocycles. The molecule has 2 heterocycles. The zero-order valence-corrected chi connectivity index (χ0v) is 9.70. The quantitative estimate of drug-likeness (QED) is 0.703. The number of hydrogen-bond acceptors (Lipinski definition) is 5. The summed E-state index contributed by atoms with van der Waals surface area (Å²) in [6, 6.07) is 1.58. The molecule has 0 spiro atoms. The third-order valence-corrected chi connectivity index (χ3v) is 4.38. The van der Waals surface area contributed by atoms with Gasteiger partial charge in [0.15, 0.2) is 16.1 Å². The maximum atomic E-state index is 11.3. The molecule has 0 bridgehead atoms. The van der Waals surface area contributed by atoms with Crippen LogP contribution in [-0.2, 0) is 9.84 Å². The minimum Gasteiger partial charge on any atom is -0.296 e. The van der Waals surface area contributed by atoms with E-state index >= 15 is 0 Å². The van der Waals surface area contributed by atoms with Gasteiger partial charge >= 0.3 is 0 Å². The van der Waals surface area contributed by atoms with Gasteiger partial charge in [-0.2, -0.15) is 0 Å². The molecule has 1 aromatic rings. The van der Waals surface area contributed by atoms with E-state index in [1.54, 1.807) is 13.0 Å². The van der Waals surface area contributed by atoms with Crippen molar-refractivity contribution in [2.45, 2.75) is 19.3 Å². The molecular formula is C10H12N2O3S. The maximum Gasteiger partial charge on any atom is 0.168 e. The van der Waals surface area contributed by atoms with Gasteiger partial charge in [-0.25, -0.2) is 18.4 Å². The fourth-order valence-electron chi connectivity index (χ4n) is 1.86. The number of nitrogens with zero attached hydrogens (tertiary/aromatic N) is 2. The van der Waals surface area contributed by atoms with Crippen LogP contribution in [0.4, 0.5) is 0 Å². The Labute approximate surface area is 93.8 Å². The van der Waals surface area contributed by atoms with Gasteiger partial charge in [0.05, 0.1) is 11.5 Å². The van der Waals surface area contributed by atoms with Crippen LogP contribution in [0.3, 0.4) is 0 Å². The predicted octanol–water partition coefficient (Wildman–Crippen LogP) is 0.500. The van der Waals surface area contributed by atoms with Crippen LogP contribution in [0.15, 0.2) is 6.07 Å². The number of aryl methyl sites for hydroxylation is 1. The van der Waals surface area contributed by atoms with Crippen molar-refractivity contribution in [1.29, 1.82) is 0 Å². The van der Waals surface area contributed by atoms with Crippen LogP contribution < -0.4 is 0 Å². The Morgan fingerprint density at radius 2 is 2.19 bits per heavy atom. The number of sulfone groups is 1. The van der Waals surface area contributed by atoms with Gasteiger partial charge in [-0.15, -0.1) is 0 Å². The fraction of sp³-hybridized carbons (Fsp3) is 0.500. The van der Waals surface area contributed by atoms with Crippen LogP contribution in [0.2, 0.25) is 0 Å². The van der Waals surface area contributed by atoms with Crippen molar-refractivity contribution < 1.29 is 13.2 Å². The van der Waals surface area contributed by atoms with Crippen LogP contribution in [0.5, 0.6) is 0 Å². The van der Waals surface area contributed by atoms with Gasteiger partial charge < -0.3 is 0 Å². The smallest absolute Gasteiger partial charge is 0.168 e. The molecule has 1 aliphatic rings. The lowest BCUT2D eigenvalue weighted by atomic mass is 10.1. The van der Waals surface area contributed by atoms with Crippen LogP contribution in [0, 0.1) is 6.92 Å². The second kappa shape index (κ2) is 3.93. The molecule has 0 aliphatic carbocycles. The summed E-state index contributed by atoms with van der Waals surface area (Å²) in [5.41, 5.74) is 1.00. The standard InChI is InChI=1S/C10H12N2O3S/c1-7-4-9(5-13)12-10(11-7)8-2-3-16(14,15)6-8/h4-5,8H,2-3,6H2,1H3. The highest BCUT2D eigenvalue weighted by Gasteiger charge is 2.31. The second-order valence-electron chi connectivity index (χ2n) is 4.01. The van der Waals surface area contributed by atoms with Crippen molar-refractivity contribution in [1.82, 2.24) is 9.97 Å². The summed E-state index contributed by atoms with van der Waals surface area (Å²) in [6.07, 6.45) is 1.20. The van der Waals surface area contributed by atoms with Crippen molar-refractivity contribution in [2.24, 2.45) is 0 Å². The Morgan fingerprint density at radius 1 is 1.44 bits per heavy atom. The predicted molar refractivity (Wildman–Crippen MR) is 58.2 cm³/mol. The lowest BCUT2D eigenvalue weighted by Gasteiger charge is -2.07. The summed E-state index contributed by atoms with van der Waals surface area (Å²) in [5.74, 6) is 0.590. The van der Waals surface area contributed by atoms with E-state index in [9.17, 15) is 13.2 Å². The molecule has 5 nitrogen and oxygen atoms in total. The first kappa shape index (κ1) is 11.2. The van der Waals surface area contributed by atoms with Gasteiger partial charge in [-0.3, -0.25) is 4.79 Å². The molecule has 1 saturated heterocycles. The highest BCUT2D eigenvalue weighted by molar-refractivity contribution is 7.91. The minimum atomic E-state index is -2.94. The first-order chi connectivity index (χ1) is 7.50. The van der Waals surface area contributed by atoms with Crippen molar-refractivity contribution in [3.05, 3.63) is 23.3 Å². The Morgan fingerprint density at radius 3 is 2.75 bits per heavy atom. The van der Waals surface area contributed by atoms with E-state index in [2.05, 4.69) is 9.97 Å². The van der Waals surface area contributed by atoms with Crippen molar-refractivity contribution in [3.8, 4) is 0 Å². The van der Waals surface area contributed by atoms with Gasteiger partial charge in [0, 0.05) is 11.6 Å². The van der Waals surface area contributed by atoms with Crippen LogP contribution in [0.25, 0.3) is 0 Å². The van der Waals surface area contributed by atoms with E-state index in [4.69, 9.17) is 0 Å².